The molecule has 0 saturated heterocycles. The highest BCUT2D eigenvalue weighted by Gasteiger charge is 2.06. The van der Waals surface area contributed by atoms with Crippen LogP contribution in [-0.4, -0.2) is 5.78 Å². The Morgan fingerprint density at radius 2 is 1.77 bits per heavy atom. The summed E-state index contributed by atoms with van der Waals surface area (Å²) in [6.45, 7) is 1.96. The number of benzene rings is 1. The van der Waals surface area contributed by atoms with Gasteiger partial charge in [0, 0.05) is 22.0 Å². The highest BCUT2D eigenvalue weighted by Crippen LogP contribution is 2.20. The summed E-state index contributed by atoms with van der Waals surface area (Å²) < 4.78 is 0. The molecule has 0 unspecified atom stereocenters. The van der Waals surface area contributed by atoms with Gasteiger partial charge in [-0.25, -0.2) is 0 Å². The van der Waals surface area contributed by atoms with Crippen molar-refractivity contribution >= 4 is 29.0 Å². The number of rotatable bonds is 3. The number of carbonyl (C=O) groups excluding carboxylic acids is 1. The van der Waals surface area contributed by atoms with Crippen LogP contribution in [0.1, 0.15) is 30.1 Å². The third kappa shape index (κ3) is 3.02. The number of hydrogen-bond acceptors (Lipinski definition) is 1. The van der Waals surface area contributed by atoms with E-state index in [4.69, 9.17) is 23.2 Å². The molecule has 13 heavy (non-hydrogen) atoms. The molecule has 0 aromatic heterocycles. The minimum Gasteiger partial charge on any atom is -0.294 e. The van der Waals surface area contributed by atoms with E-state index in [1.165, 1.54) is 0 Å². The van der Waals surface area contributed by atoms with Gasteiger partial charge in [0.05, 0.1) is 0 Å². The van der Waals surface area contributed by atoms with Gasteiger partial charge in [-0.05, 0) is 24.6 Å². The fourth-order valence-corrected chi connectivity index (χ4v) is 1.61. The van der Waals surface area contributed by atoms with Crippen LogP contribution < -0.4 is 0 Å². The van der Waals surface area contributed by atoms with E-state index in [1.54, 1.807) is 18.2 Å². The maximum Gasteiger partial charge on any atom is 0.162 e. The first-order valence-corrected chi connectivity index (χ1v) is 4.88. The maximum absolute atomic E-state index is 11.4. The monoisotopic (exact) mass is 216 g/mol. The van der Waals surface area contributed by atoms with E-state index in [0.717, 1.165) is 6.42 Å². The minimum atomic E-state index is 0.0897. The van der Waals surface area contributed by atoms with Crippen molar-refractivity contribution in [3.05, 3.63) is 33.8 Å². The molecule has 1 rings (SSSR count). The first-order valence-electron chi connectivity index (χ1n) is 4.12. The molecular formula is C10H10Cl2O. The summed E-state index contributed by atoms with van der Waals surface area (Å²) in [5.74, 6) is 0.0897. The van der Waals surface area contributed by atoms with E-state index < -0.39 is 0 Å². The number of ketones is 1. The molecule has 0 aliphatic carbocycles. The largest absolute Gasteiger partial charge is 0.294 e. The van der Waals surface area contributed by atoms with Gasteiger partial charge in [0.2, 0.25) is 0 Å². The van der Waals surface area contributed by atoms with Crippen molar-refractivity contribution in [1.82, 2.24) is 0 Å². The predicted molar refractivity (Wildman–Crippen MR) is 55.7 cm³/mol. The Hall–Kier alpha value is -0.530. The van der Waals surface area contributed by atoms with Crippen LogP contribution in [-0.2, 0) is 0 Å². The molecule has 3 heteroatoms. The molecule has 1 nitrogen and oxygen atoms in total. The third-order valence-electron chi connectivity index (χ3n) is 1.66. The zero-order valence-corrected chi connectivity index (χ0v) is 8.82. The highest BCUT2D eigenvalue weighted by atomic mass is 35.5. The third-order valence-corrected chi connectivity index (χ3v) is 2.10. The molecule has 70 valence electrons. The summed E-state index contributed by atoms with van der Waals surface area (Å²) in [4.78, 5) is 11.4. The number of halogens is 2. The molecule has 0 N–H and O–H groups in total. The van der Waals surface area contributed by atoms with Crippen LogP contribution in [0.5, 0.6) is 0 Å². The standard InChI is InChI=1S/C10H10Cl2O/c1-2-3-10(13)7-4-8(11)6-9(12)5-7/h4-6H,2-3H2,1H3. The fraction of sp³-hybridized carbons (Fsp3) is 0.300. The van der Waals surface area contributed by atoms with Gasteiger partial charge in [0.15, 0.2) is 5.78 Å². The van der Waals surface area contributed by atoms with Crippen molar-refractivity contribution in [2.75, 3.05) is 0 Å². The molecule has 0 spiro atoms. The van der Waals surface area contributed by atoms with Crippen molar-refractivity contribution in [3.8, 4) is 0 Å². The Labute approximate surface area is 87.7 Å². The number of carbonyl (C=O) groups is 1. The van der Waals surface area contributed by atoms with Gasteiger partial charge in [-0.2, -0.15) is 0 Å². The lowest BCUT2D eigenvalue weighted by Crippen LogP contribution is -1.97. The average Bonchev–Trinajstić information content (AvgIpc) is 2.03. The average molecular weight is 217 g/mol. The second-order valence-electron chi connectivity index (χ2n) is 2.83. The van der Waals surface area contributed by atoms with E-state index in [-0.39, 0.29) is 5.78 Å². The smallest absolute Gasteiger partial charge is 0.162 e. The Morgan fingerprint density at radius 1 is 1.23 bits per heavy atom. The van der Waals surface area contributed by atoms with E-state index >= 15 is 0 Å². The topological polar surface area (TPSA) is 17.1 Å². The molecule has 0 aliphatic heterocycles. The molecule has 1 aromatic carbocycles. The molecule has 0 fully saturated rings. The van der Waals surface area contributed by atoms with Crippen LogP contribution in [0.15, 0.2) is 18.2 Å². The van der Waals surface area contributed by atoms with E-state index in [0.29, 0.717) is 22.0 Å². The lowest BCUT2D eigenvalue weighted by atomic mass is 10.1. The van der Waals surface area contributed by atoms with Gasteiger partial charge in [-0.3, -0.25) is 4.79 Å². The second kappa shape index (κ2) is 4.64. The molecule has 0 heterocycles. The van der Waals surface area contributed by atoms with Crippen molar-refractivity contribution in [2.24, 2.45) is 0 Å². The highest BCUT2D eigenvalue weighted by molar-refractivity contribution is 6.35. The van der Waals surface area contributed by atoms with Crippen LogP contribution in [0.25, 0.3) is 0 Å². The van der Waals surface area contributed by atoms with E-state index in [9.17, 15) is 4.79 Å². The number of hydrogen-bond donors (Lipinski definition) is 0. The van der Waals surface area contributed by atoms with Crippen LogP contribution in [0.4, 0.5) is 0 Å². The quantitative estimate of drug-likeness (QED) is 0.700. The Balaban J connectivity index is 2.94. The van der Waals surface area contributed by atoms with E-state index in [2.05, 4.69) is 0 Å². The molecule has 0 amide bonds. The molecule has 0 radical (unpaired) electrons. The summed E-state index contributed by atoms with van der Waals surface area (Å²) in [6.07, 6.45) is 1.37. The first kappa shape index (κ1) is 10.6. The Bertz CT molecular complexity index is 300. The van der Waals surface area contributed by atoms with Gasteiger partial charge in [-0.1, -0.05) is 30.1 Å². The zero-order chi connectivity index (χ0) is 9.84. The summed E-state index contributed by atoms with van der Waals surface area (Å²) in [5, 5.41) is 1.01. The molecule has 0 bridgehead atoms. The summed E-state index contributed by atoms with van der Waals surface area (Å²) >= 11 is 11.5. The number of Topliss-reactive ketones (excluding diaryl/α,β-unsaturated/α-hetero) is 1. The molecule has 0 aliphatic rings. The van der Waals surface area contributed by atoms with E-state index in [1.807, 2.05) is 6.92 Å². The van der Waals surface area contributed by atoms with Crippen LogP contribution in [0.3, 0.4) is 0 Å². The molecule has 1 aromatic rings. The van der Waals surface area contributed by atoms with Gasteiger partial charge >= 0.3 is 0 Å². The van der Waals surface area contributed by atoms with Crippen LogP contribution >= 0.6 is 23.2 Å². The zero-order valence-electron chi connectivity index (χ0n) is 7.31. The Morgan fingerprint density at radius 3 is 2.23 bits per heavy atom. The summed E-state index contributed by atoms with van der Waals surface area (Å²) in [5.41, 5.74) is 0.597. The second-order valence-corrected chi connectivity index (χ2v) is 3.70. The first-order chi connectivity index (χ1) is 6.13. The lowest BCUT2D eigenvalue weighted by Gasteiger charge is -2.00. The van der Waals surface area contributed by atoms with Crippen molar-refractivity contribution in [3.63, 3.8) is 0 Å². The minimum absolute atomic E-state index is 0.0897. The van der Waals surface area contributed by atoms with Gasteiger partial charge in [-0.15, -0.1) is 0 Å². The van der Waals surface area contributed by atoms with Crippen molar-refractivity contribution in [2.45, 2.75) is 19.8 Å². The summed E-state index contributed by atoms with van der Waals surface area (Å²) in [7, 11) is 0. The van der Waals surface area contributed by atoms with Gasteiger partial charge < -0.3 is 0 Å². The Kier molecular flexibility index (Phi) is 3.76. The maximum atomic E-state index is 11.4. The van der Waals surface area contributed by atoms with Gasteiger partial charge in [0.1, 0.15) is 0 Å². The molecule has 0 saturated carbocycles. The normalized spacial score (nSPS) is 10.1. The molecule has 0 atom stereocenters. The van der Waals surface area contributed by atoms with Crippen LogP contribution in [0.2, 0.25) is 10.0 Å². The van der Waals surface area contributed by atoms with Gasteiger partial charge in [0.25, 0.3) is 0 Å². The molecular weight excluding hydrogens is 207 g/mol. The predicted octanol–water partition coefficient (Wildman–Crippen LogP) is 3.98. The van der Waals surface area contributed by atoms with Crippen LogP contribution in [0, 0.1) is 0 Å². The SMILES string of the molecule is CCCC(=O)c1cc(Cl)cc(Cl)c1. The fourth-order valence-electron chi connectivity index (χ4n) is 1.09. The van der Waals surface area contributed by atoms with Crippen molar-refractivity contribution < 1.29 is 4.79 Å². The summed E-state index contributed by atoms with van der Waals surface area (Å²) in [6, 6.07) is 4.91. The van der Waals surface area contributed by atoms with Crippen molar-refractivity contribution in [1.29, 1.82) is 0 Å². The lowest BCUT2D eigenvalue weighted by molar-refractivity contribution is 0.0982.